The van der Waals surface area contributed by atoms with E-state index in [1.54, 1.807) is 4.90 Å². The summed E-state index contributed by atoms with van der Waals surface area (Å²) >= 11 is 0. The number of hydrogen-bond acceptors (Lipinski definition) is 3. The minimum absolute atomic E-state index is 0.0833. The van der Waals surface area contributed by atoms with Crippen LogP contribution >= 0.6 is 0 Å². The molecule has 0 aromatic carbocycles. The first-order valence-electron chi connectivity index (χ1n) is 3.76. The van der Waals surface area contributed by atoms with Crippen LogP contribution in [0.3, 0.4) is 0 Å². The Balaban J connectivity index is 2.26. The highest BCUT2D eigenvalue weighted by Gasteiger charge is 2.18. The normalized spacial score (nSPS) is 23.0. The third kappa shape index (κ3) is 2.57. The monoisotopic (exact) mass is 158 g/mol. The maximum Gasteiger partial charge on any atom is 0.153 e. The zero-order valence-corrected chi connectivity index (χ0v) is 6.36. The highest BCUT2D eigenvalue weighted by Crippen LogP contribution is 2.03. The number of carbonyl (C=O) groups is 1. The molecule has 4 nitrogen and oxygen atoms in total. The summed E-state index contributed by atoms with van der Waals surface area (Å²) in [5.74, 6) is 0. The molecule has 0 saturated carbocycles. The lowest BCUT2D eigenvalue weighted by atomic mass is 10.3. The summed E-state index contributed by atoms with van der Waals surface area (Å²) in [7, 11) is 0. The average molecular weight is 158 g/mol. The molecule has 0 aliphatic carbocycles. The fraction of sp³-hybridized carbons (Fsp3) is 0.857. The maximum absolute atomic E-state index is 11.1. The van der Waals surface area contributed by atoms with Gasteiger partial charge < -0.3 is 9.53 Å². The molecule has 11 heavy (non-hydrogen) atoms. The molecule has 1 fully saturated rings. The van der Waals surface area contributed by atoms with Gasteiger partial charge in [-0.05, 0) is 0 Å². The van der Waals surface area contributed by atoms with Crippen LogP contribution < -0.4 is 0 Å². The van der Waals surface area contributed by atoms with Crippen LogP contribution in [-0.2, 0) is 14.6 Å². The van der Waals surface area contributed by atoms with Gasteiger partial charge in [-0.1, -0.05) is 0 Å². The third-order valence-electron chi connectivity index (χ3n) is 1.75. The van der Waals surface area contributed by atoms with Gasteiger partial charge in [0, 0.05) is 19.5 Å². The fourth-order valence-corrected chi connectivity index (χ4v) is 1.10. The molecule has 63 valence electrons. The van der Waals surface area contributed by atoms with Crippen LogP contribution in [0.5, 0.6) is 0 Å². The second kappa shape index (κ2) is 4.43. The van der Waals surface area contributed by atoms with E-state index < -0.39 is 6.23 Å². The molecule has 0 bridgehead atoms. The van der Waals surface area contributed by atoms with Crippen LogP contribution in [0, 0.1) is 0 Å². The van der Waals surface area contributed by atoms with Gasteiger partial charge in [0.2, 0.25) is 0 Å². The highest BCUT2D eigenvalue weighted by molar-refractivity contribution is 5.49. The van der Waals surface area contributed by atoms with Crippen LogP contribution in [0.25, 0.3) is 0 Å². The summed E-state index contributed by atoms with van der Waals surface area (Å²) in [5.41, 5.74) is 0. The van der Waals surface area contributed by atoms with Gasteiger partial charge >= 0.3 is 0 Å². The van der Waals surface area contributed by atoms with Crippen LogP contribution in [0.1, 0.15) is 6.42 Å². The first-order valence-corrected chi connectivity index (χ1v) is 3.76. The molecule has 4 heteroatoms. The molecule has 0 spiro atoms. The Morgan fingerprint density at radius 1 is 1.45 bits per heavy atom. The van der Waals surface area contributed by atoms with E-state index in [1.165, 1.54) is 0 Å². The number of carbonyl (C=O) groups excluding carboxylic acids is 1. The molecular formula is C7H12NO3. The first kappa shape index (κ1) is 8.64. The van der Waals surface area contributed by atoms with Gasteiger partial charge in [0.25, 0.3) is 0 Å². The van der Waals surface area contributed by atoms with Crippen molar-refractivity contribution in [3.05, 3.63) is 0 Å². The van der Waals surface area contributed by atoms with E-state index in [-0.39, 0.29) is 6.42 Å². The molecule has 1 aliphatic rings. The van der Waals surface area contributed by atoms with Crippen molar-refractivity contribution in [2.24, 2.45) is 0 Å². The van der Waals surface area contributed by atoms with Crippen molar-refractivity contribution in [3.8, 4) is 0 Å². The van der Waals surface area contributed by atoms with Crippen molar-refractivity contribution >= 4 is 6.29 Å². The number of aldehydes is 1. The standard InChI is InChI=1S/C7H12NO3/c9-4-1-7(10)8-2-5-11-6-3-8/h4,7H,1-3,5-6H2. The van der Waals surface area contributed by atoms with E-state index in [4.69, 9.17) is 4.74 Å². The van der Waals surface area contributed by atoms with Gasteiger partial charge in [-0.3, -0.25) is 4.90 Å². The van der Waals surface area contributed by atoms with Crippen molar-refractivity contribution in [3.63, 3.8) is 0 Å². The predicted octanol–water partition coefficient (Wildman–Crippen LogP) is -0.336. The SMILES string of the molecule is [O]C(CC=O)N1CCOCC1. The Labute approximate surface area is 65.8 Å². The van der Waals surface area contributed by atoms with E-state index in [1.807, 2.05) is 0 Å². The molecule has 0 aromatic heterocycles. The molecule has 1 saturated heterocycles. The van der Waals surface area contributed by atoms with Gasteiger partial charge in [-0.2, -0.15) is 0 Å². The molecule has 1 radical (unpaired) electrons. The predicted molar refractivity (Wildman–Crippen MR) is 37.5 cm³/mol. The number of morpholine rings is 1. The zero-order chi connectivity index (χ0) is 8.10. The second-order valence-corrected chi connectivity index (χ2v) is 2.51. The lowest BCUT2D eigenvalue weighted by Crippen LogP contribution is -2.42. The second-order valence-electron chi connectivity index (χ2n) is 2.51. The minimum atomic E-state index is -0.864. The van der Waals surface area contributed by atoms with Crippen molar-refractivity contribution in [2.75, 3.05) is 26.3 Å². The van der Waals surface area contributed by atoms with Gasteiger partial charge in [-0.15, -0.1) is 0 Å². The Morgan fingerprint density at radius 2 is 2.09 bits per heavy atom. The van der Waals surface area contributed by atoms with E-state index >= 15 is 0 Å². The van der Waals surface area contributed by atoms with Crippen molar-refractivity contribution in [2.45, 2.75) is 12.6 Å². The van der Waals surface area contributed by atoms with Crippen molar-refractivity contribution < 1.29 is 14.6 Å². The molecule has 1 aliphatic heterocycles. The van der Waals surface area contributed by atoms with Crippen LogP contribution in [0.4, 0.5) is 0 Å². The number of nitrogens with zero attached hydrogens (tertiary/aromatic N) is 1. The van der Waals surface area contributed by atoms with Crippen LogP contribution in [-0.4, -0.2) is 43.7 Å². The summed E-state index contributed by atoms with van der Waals surface area (Å²) in [6.45, 7) is 2.53. The topological polar surface area (TPSA) is 49.4 Å². The number of ether oxygens (including phenoxy) is 1. The molecule has 1 rings (SSSR count). The average Bonchev–Trinajstić information content (AvgIpc) is 2.07. The molecule has 0 N–H and O–H groups in total. The number of hydrogen-bond donors (Lipinski definition) is 0. The van der Waals surface area contributed by atoms with Crippen molar-refractivity contribution in [1.29, 1.82) is 0 Å². The molecule has 1 heterocycles. The lowest BCUT2D eigenvalue weighted by molar-refractivity contribution is -0.121. The van der Waals surface area contributed by atoms with Crippen molar-refractivity contribution in [1.82, 2.24) is 4.90 Å². The maximum atomic E-state index is 11.1. The summed E-state index contributed by atoms with van der Waals surface area (Å²) < 4.78 is 5.06. The highest BCUT2D eigenvalue weighted by atomic mass is 16.5. The summed E-state index contributed by atoms with van der Waals surface area (Å²) in [5, 5.41) is 11.1. The van der Waals surface area contributed by atoms with Gasteiger partial charge in [0.15, 0.2) is 6.23 Å². The van der Waals surface area contributed by atoms with E-state index in [0.29, 0.717) is 32.6 Å². The number of rotatable bonds is 3. The zero-order valence-electron chi connectivity index (χ0n) is 6.36. The molecule has 0 aromatic rings. The molecule has 0 amide bonds. The van der Waals surface area contributed by atoms with E-state index in [0.717, 1.165) is 0 Å². The Hall–Kier alpha value is -0.450. The minimum Gasteiger partial charge on any atom is -0.379 e. The summed E-state index contributed by atoms with van der Waals surface area (Å²) in [6, 6.07) is 0. The van der Waals surface area contributed by atoms with Crippen LogP contribution in [0.2, 0.25) is 0 Å². The van der Waals surface area contributed by atoms with E-state index in [2.05, 4.69) is 0 Å². The van der Waals surface area contributed by atoms with Gasteiger partial charge in [-0.25, -0.2) is 5.11 Å². The van der Waals surface area contributed by atoms with E-state index in [9.17, 15) is 9.90 Å². The Morgan fingerprint density at radius 3 is 2.64 bits per heavy atom. The van der Waals surface area contributed by atoms with Crippen LogP contribution in [0.15, 0.2) is 0 Å². The molecule has 1 unspecified atom stereocenters. The third-order valence-corrected chi connectivity index (χ3v) is 1.75. The van der Waals surface area contributed by atoms with Gasteiger partial charge in [0.1, 0.15) is 6.29 Å². The Kier molecular flexibility index (Phi) is 3.48. The molecular weight excluding hydrogens is 146 g/mol. The summed E-state index contributed by atoms with van der Waals surface area (Å²) in [6.07, 6.45) is -0.107. The largest absolute Gasteiger partial charge is 0.379 e. The quantitative estimate of drug-likeness (QED) is 0.528. The van der Waals surface area contributed by atoms with Gasteiger partial charge in [0.05, 0.1) is 13.2 Å². The molecule has 1 atom stereocenters. The first-order chi connectivity index (χ1) is 5.34. The fourth-order valence-electron chi connectivity index (χ4n) is 1.10. The lowest BCUT2D eigenvalue weighted by Gasteiger charge is -2.28. The summed E-state index contributed by atoms with van der Waals surface area (Å²) in [4.78, 5) is 11.7. The smallest absolute Gasteiger partial charge is 0.153 e. The Bertz CT molecular complexity index is 123.